The molecule has 0 aromatic heterocycles. The van der Waals surface area contributed by atoms with Crippen molar-refractivity contribution in [2.45, 2.75) is 25.4 Å². The Kier molecular flexibility index (Phi) is 7.51. The maximum Gasteiger partial charge on any atom is 0.0785 e. The topological polar surface area (TPSA) is 41.5 Å². The van der Waals surface area contributed by atoms with Crippen LogP contribution in [0.1, 0.15) is 24.8 Å². The van der Waals surface area contributed by atoms with Crippen LogP contribution in [0.5, 0.6) is 0 Å². The van der Waals surface area contributed by atoms with E-state index >= 15 is 0 Å². The van der Waals surface area contributed by atoms with Crippen LogP contribution in [0.2, 0.25) is 0 Å². The van der Waals surface area contributed by atoms with Crippen molar-refractivity contribution < 1.29 is 9.84 Å². The Hall–Kier alpha value is -0.420. The van der Waals surface area contributed by atoms with Crippen LogP contribution < -0.4 is 5.32 Å². The third-order valence-corrected chi connectivity index (χ3v) is 3.37. The van der Waals surface area contributed by atoms with Gasteiger partial charge in [-0.2, -0.15) is 0 Å². The third kappa shape index (κ3) is 5.96. The van der Waals surface area contributed by atoms with Crippen molar-refractivity contribution in [3.05, 3.63) is 34.3 Å². The minimum Gasteiger partial charge on any atom is -0.391 e. The maximum absolute atomic E-state index is 9.50. The molecule has 0 saturated carbocycles. The number of hydrogen-bond donors (Lipinski definition) is 2. The molecular weight excluding hydrogens is 294 g/mol. The van der Waals surface area contributed by atoms with Crippen molar-refractivity contribution in [3.63, 3.8) is 0 Å². The number of halogens is 1. The zero-order valence-electron chi connectivity index (χ0n) is 11.0. The van der Waals surface area contributed by atoms with Gasteiger partial charge in [0.15, 0.2) is 0 Å². The third-order valence-electron chi connectivity index (χ3n) is 2.88. The molecule has 1 aromatic carbocycles. The molecule has 0 amide bonds. The molecule has 0 aliphatic carbocycles. The first kappa shape index (κ1) is 15.6. The number of methoxy groups -OCH3 is 1. The first-order chi connectivity index (χ1) is 8.63. The zero-order valence-corrected chi connectivity index (χ0v) is 12.6. The van der Waals surface area contributed by atoms with E-state index in [1.165, 1.54) is 5.56 Å². The highest BCUT2D eigenvalue weighted by molar-refractivity contribution is 9.10. The Morgan fingerprint density at radius 3 is 2.89 bits per heavy atom. The second kappa shape index (κ2) is 8.64. The summed E-state index contributed by atoms with van der Waals surface area (Å²) in [6.45, 7) is 4.32. The number of ether oxygens (including phenoxy) is 1. The molecule has 0 bridgehead atoms. The van der Waals surface area contributed by atoms with Gasteiger partial charge in [0.2, 0.25) is 0 Å². The van der Waals surface area contributed by atoms with Crippen LogP contribution in [-0.4, -0.2) is 38.0 Å². The van der Waals surface area contributed by atoms with Gasteiger partial charge in [0, 0.05) is 18.1 Å². The smallest absolute Gasteiger partial charge is 0.0785 e. The SMILES string of the molecule is COCC(O)CCNCC(C)c1cccc(Br)c1. The Bertz CT molecular complexity index is 346. The Balaban J connectivity index is 2.23. The molecule has 4 heteroatoms. The molecule has 0 spiro atoms. The second-order valence-corrected chi connectivity index (χ2v) is 5.47. The van der Waals surface area contributed by atoms with Gasteiger partial charge in [-0.25, -0.2) is 0 Å². The highest BCUT2D eigenvalue weighted by atomic mass is 79.9. The number of benzene rings is 1. The largest absolute Gasteiger partial charge is 0.391 e. The average Bonchev–Trinajstić information content (AvgIpc) is 2.35. The summed E-state index contributed by atoms with van der Waals surface area (Å²) in [6.07, 6.45) is 0.350. The van der Waals surface area contributed by atoms with Crippen LogP contribution in [0.25, 0.3) is 0 Å². The normalized spacial score (nSPS) is 14.4. The lowest BCUT2D eigenvalue weighted by Crippen LogP contribution is -2.26. The van der Waals surface area contributed by atoms with Crippen molar-refractivity contribution in [1.29, 1.82) is 0 Å². The van der Waals surface area contributed by atoms with Crippen LogP contribution in [0.3, 0.4) is 0 Å². The fourth-order valence-corrected chi connectivity index (χ4v) is 2.21. The van der Waals surface area contributed by atoms with Gasteiger partial charge in [-0.05, 0) is 36.6 Å². The highest BCUT2D eigenvalue weighted by Crippen LogP contribution is 2.18. The molecule has 2 N–H and O–H groups in total. The average molecular weight is 316 g/mol. The Labute approximate surface area is 118 Å². The highest BCUT2D eigenvalue weighted by Gasteiger charge is 2.06. The van der Waals surface area contributed by atoms with E-state index in [9.17, 15) is 5.11 Å². The van der Waals surface area contributed by atoms with E-state index in [0.29, 0.717) is 12.5 Å². The van der Waals surface area contributed by atoms with E-state index in [4.69, 9.17) is 4.74 Å². The van der Waals surface area contributed by atoms with E-state index in [1.54, 1.807) is 7.11 Å². The van der Waals surface area contributed by atoms with Gasteiger partial charge in [0.05, 0.1) is 12.7 Å². The van der Waals surface area contributed by atoms with Gasteiger partial charge in [0.25, 0.3) is 0 Å². The fraction of sp³-hybridized carbons (Fsp3) is 0.571. The van der Waals surface area contributed by atoms with Crippen molar-refractivity contribution in [1.82, 2.24) is 5.32 Å². The molecular formula is C14H22BrNO2. The summed E-state index contributed by atoms with van der Waals surface area (Å²) in [4.78, 5) is 0. The summed E-state index contributed by atoms with van der Waals surface area (Å²) >= 11 is 3.48. The van der Waals surface area contributed by atoms with Crippen molar-refractivity contribution in [2.75, 3.05) is 26.8 Å². The van der Waals surface area contributed by atoms with Crippen LogP contribution >= 0.6 is 15.9 Å². The van der Waals surface area contributed by atoms with E-state index < -0.39 is 0 Å². The lowest BCUT2D eigenvalue weighted by molar-refractivity contribution is 0.0594. The predicted molar refractivity (Wildman–Crippen MR) is 77.9 cm³/mol. The van der Waals surface area contributed by atoms with Crippen LogP contribution in [0, 0.1) is 0 Å². The summed E-state index contributed by atoms with van der Waals surface area (Å²) in [5.74, 6) is 0.460. The number of aliphatic hydroxyl groups is 1. The minimum atomic E-state index is -0.372. The standard InChI is InChI=1S/C14H22BrNO2/c1-11(12-4-3-5-13(15)8-12)9-16-7-6-14(17)10-18-2/h3-5,8,11,14,16-17H,6-7,9-10H2,1-2H3. The quantitative estimate of drug-likeness (QED) is 0.724. The molecule has 0 aliphatic rings. The first-order valence-electron chi connectivity index (χ1n) is 6.26. The van der Waals surface area contributed by atoms with Crippen LogP contribution in [0.4, 0.5) is 0 Å². The molecule has 2 atom stereocenters. The van der Waals surface area contributed by atoms with Gasteiger partial charge in [-0.15, -0.1) is 0 Å². The van der Waals surface area contributed by atoms with Crippen LogP contribution in [-0.2, 0) is 4.74 Å². The Morgan fingerprint density at radius 1 is 1.44 bits per heavy atom. The molecule has 1 rings (SSSR count). The number of aliphatic hydroxyl groups excluding tert-OH is 1. The van der Waals surface area contributed by atoms with Crippen molar-refractivity contribution >= 4 is 15.9 Å². The van der Waals surface area contributed by atoms with E-state index in [0.717, 1.165) is 24.0 Å². The lowest BCUT2D eigenvalue weighted by atomic mass is 10.0. The predicted octanol–water partition coefficient (Wildman–Crippen LogP) is 2.54. The number of nitrogens with one attached hydrogen (secondary N) is 1. The molecule has 0 saturated heterocycles. The van der Waals surface area contributed by atoms with Gasteiger partial charge in [0.1, 0.15) is 0 Å². The van der Waals surface area contributed by atoms with Gasteiger partial charge >= 0.3 is 0 Å². The monoisotopic (exact) mass is 315 g/mol. The summed E-state index contributed by atoms with van der Waals surface area (Å²) in [7, 11) is 1.60. The maximum atomic E-state index is 9.50. The molecule has 0 radical (unpaired) electrons. The summed E-state index contributed by atoms with van der Waals surface area (Å²) in [5, 5.41) is 12.9. The second-order valence-electron chi connectivity index (χ2n) is 4.56. The fourth-order valence-electron chi connectivity index (χ4n) is 1.79. The molecule has 3 nitrogen and oxygen atoms in total. The van der Waals surface area contributed by atoms with E-state index in [1.807, 2.05) is 6.07 Å². The van der Waals surface area contributed by atoms with Crippen molar-refractivity contribution in [3.8, 4) is 0 Å². The Morgan fingerprint density at radius 2 is 2.22 bits per heavy atom. The van der Waals surface area contributed by atoms with Gasteiger partial charge in [-0.1, -0.05) is 35.0 Å². The number of rotatable bonds is 8. The summed E-state index contributed by atoms with van der Waals surface area (Å²) in [6, 6.07) is 8.37. The summed E-state index contributed by atoms with van der Waals surface area (Å²) < 4.78 is 5.99. The van der Waals surface area contributed by atoms with Crippen molar-refractivity contribution in [2.24, 2.45) is 0 Å². The van der Waals surface area contributed by atoms with E-state index in [2.05, 4.69) is 46.4 Å². The number of hydrogen-bond acceptors (Lipinski definition) is 3. The first-order valence-corrected chi connectivity index (χ1v) is 7.06. The van der Waals surface area contributed by atoms with Crippen LogP contribution in [0.15, 0.2) is 28.7 Å². The summed E-state index contributed by atoms with van der Waals surface area (Å²) in [5.41, 5.74) is 1.31. The molecule has 1 aromatic rings. The molecule has 0 aliphatic heterocycles. The molecule has 102 valence electrons. The molecule has 0 fully saturated rings. The minimum absolute atomic E-state index is 0.372. The van der Waals surface area contributed by atoms with Gasteiger partial charge < -0.3 is 15.2 Å². The molecule has 2 unspecified atom stereocenters. The van der Waals surface area contributed by atoms with E-state index in [-0.39, 0.29) is 6.10 Å². The lowest BCUT2D eigenvalue weighted by Gasteiger charge is -2.14. The van der Waals surface area contributed by atoms with Gasteiger partial charge in [-0.3, -0.25) is 0 Å². The molecule has 18 heavy (non-hydrogen) atoms. The molecule has 0 heterocycles. The zero-order chi connectivity index (χ0) is 13.4.